The molecular weight excluding hydrogens is 160 g/mol. The van der Waals surface area contributed by atoms with Crippen molar-refractivity contribution in [1.29, 1.82) is 0 Å². The van der Waals surface area contributed by atoms with E-state index in [1.54, 1.807) is 0 Å². The van der Waals surface area contributed by atoms with Crippen LogP contribution in [-0.2, 0) is 0 Å². The summed E-state index contributed by atoms with van der Waals surface area (Å²) in [5, 5.41) is 0. The van der Waals surface area contributed by atoms with Gasteiger partial charge in [-0.05, 0) is 33.7 Å². The highest BCUT2D eigenvalue weighted by atomic mass is 15.3. The van der Waals surface area contributed by atoms with Crippen LogP contribution in [0.2, 0.25) is 0 Å². The second-order valence-electron chi connectivity index (χ2n) is 5.00. The van der Waals surface area contributed by atoms with E-state index in [1.165, 1.54) is 39.1 Å². The van der Waals surface area contributed by atoms with Gasteiger partial charge in [-0.2, -0.15) is 0 Å². The summed E-state index contributed by atoms with van der Waals surface area (Å²) in [7, 11) is 0. The van der Waals surface area contributed by atoms with Gasteiger partial charge in [0.2, 0.25) is 0 Å². The smallest absolute Gasteiger partial charge is 0.0126 e. The average Bonchev–Trinajstić information content (AvgIpc) is 2.04. The maximum absolute atomic E-state index is 2.58. The van der Waals surface area contributed by atoms with Gasteiger partial charge in [0.25, 0.3) is 0 Å². The molecule has 0 spiro atoms. The molecule has 0 atom stereocenters. The van der Waals surface area contributed by atoms with Gasteiger partial charge in [0.15, 0.2) is 0 Å². The summed E-state index contributed by atoms with van der Waals surface area (Å²) < 4.78 is 0. The Kier molecular flexibility index (Phi) is 3.74. The summed E-state index contributed by atoms with van der Waals surface area (Å²) in [6.45, 7) is 15.4. The fourth-order valence-corrected chi connectivity index (χ4v) is 1.96. The molecule has 0 saturated carbocycles. The Hall–Kier alpha value is -0.0800. The van der Waals surface area contributed by atoms with E-state index in [1.807, 2.05) is 0 Å². The second-order valence-corrected chi connectivity index (χ2v) is 5.00. The molecule has 1 rings (SSSR count). The molecule has 1 aliphatic heterocycles. The summed E-state index contributed by atoms with van der Waals surface area (Å²) in [6, 6.07) is 0. The van der Waals surface area contributed by atoms with Crippen LogP contribution in [0.5, 0.6) is 0 Å². The number of nitrogens with zero attached hydrogens (tertiary/aromatic N) is 2. The van der Waals surface area contributed by atoms with Crippen molar-refractivity contribution in [3.8, 4) is 0 Å². The lowest BCUT2D eigenvalue weighted by Gasteiger charge is -2.42. The number of hydrogen-bond donors (Lipinski definition) is 0. The monoisotopic (exact) mass is 184 g/mol. The summed E-state index contributed by atoms with van der Waals surface area (Å²) >= 11 is 0. The van der Waals surface area contributed by atoms with Crippen LogP contribution in [0.25, 0.3) is 0 Å². The van der Waals surface area contributed by atoms with Gasteiger partial charge in [0.1, 0.15) is 0 Å². The summed E-state index contributed by atoms with van der Waals surface area (Å²) in [6.07, 6.45) is 1.29. The van der Waals surface area contributed by atoms with Crippen molar-refractivity contribution in [3.63, 3.8) is 0 Å². The lowest BCUT2D eigenvalue weighted by molar-refractivity contribution is 0.0624. The highest BCUT2D eigenvalue weighted by Crippen LogP contribution is 2.15. The average molecular weight is 184 g/mol. The standard InChI is InChI=1S/C11H24N2/c1-5-6-12-7-9-13(10-8-12)11(2,3)4/h5-10H2,1-4H3. The highest BCUT2D eigenvalue weighted by Gasteiger charge is 2.24. The molecule has 1 fully saturated rings. The zero-order valence-electron chi connectivity index (χ0n) is 9.64. The third kappa shape index (κ3) is 3.28. The molecule has 0 aromatic carbocycles. The Bertz CT molecular complexity index is 141. The van der Waals surface area contributed by atoms with Crippen molar-refractivity contribution in [3.05, 3.63) is 0 Å². The number of piperazine rings is 1. The molecule has 13 heavy (non-hydrogen) atoms. The summed E-state index contributed by atoms with van der Waals surface area (Å²) in [4.78, 5) is 5.15. The Morgan fingerprint density at radius 2 is 1.54 bits per heavy atom. The maximum atomic E-state index is 2.58. The van der Waals surface area contributed by atoms with Gasteiger partial charge in [-0.3, -0.25) is 4.90 Å². The van der Waals surface area contributed by atoms with Crippen LogP contribution < -0.4 is 0 Å². The minimum atomic E-state index is 0.359. The fourth-order valence-electron chi connectivity index (χ4n) is 1.96. The van der Waals surface area contributed by atoms with Crippen LogP contribution in [-0.4, -0.2) is 48.1 Å². The maximum Gasteiger partial charge on any atom is 0.0126 e. The number of rotatable bonds is 2. The van der Waals surface area contributed by atoms with E-state index in [-0.39, 0.29) is 0 Å². The van der Waals surface area contributed by atoms with Crippen LogP contribution in [0.4, 0.5) is 0 Å². The minimum absolute atomic E-state index is 0.359. The van der Waals surface area contributed by atoms with Crippen LogP contribution in [0.15, 0.2) is 0 Å². The fraction of sp³-hybridized carbons (Fsp3) is 1.00. The van der Waals surface area contributed by atoms with Crippen molar-refractivity contribution in [2.24, 2.45) is 0 Å². The topological polar surface area (TPSA) is 6.48 Å². The third-order valence-electron chi connectivity index (χ3n) is 2.86. The van der Waals surface area contributed by atoms with E-state index >= 15 is 0 Å². The molecule has 0 aliphatic carbocycles. The van der Waals surface area contributed by atoms with Crippen LogP contribution in [0.1, 0.15) is 34.1 Å². The van der Waals surface area contributed by atoms with E-state index in [0.29, 0.717) is 5.54 Å². The Labute approximate surface area is 82.9 Å². The number of hydrogen-bond acceptors (Lipinski definition) is 2. The van der Waals surface area contributed by atoms with Crippen molar-refractivity contribution in [2.75, 3.05) is 32.7 Å². The lowest BCUT2D eigenvalue weighted by Crippen LogP contribution is -2.53. The third-order valence-corrected chi connectivity index (χ3v) is 2.86. The molecule has 0 amide bonds. The minimum Gasteiger partial charge on any atom is -0.301 e. The van der Waals surface area contributed by atoms with Crippen molar-refractivity contribution >= 4 is 0 Å². The van der Waals surface area contributed by atoms with Gasteiger partial charge in [-0.1, -0.05) is 6.92 Å². The molecule has 0 N–H and O–H groups in total. The van der Waals surface area contributed by atoms with Gasteiger partial charge in [-0.15, -0.1) is 0 Å². The molecule has 0 bridgehead atoms. The second kappa shape index (κ2) is 4.43. The summed E-state index contributed by atoms with van der Waals surface area (Å²) in [5.74, 6) is 0. The first-order valence-electron chi connectivity index (χ1n) is 5.51. The molecule has 2 nitrogen and oxygen atoms in total. The molecule has 0 unspecified atom stereocenters. The lowest BCUT2D eigenvalue weighted by atomic mass is 10.1. The molecule has 0 aromatic heterocycles. The first-order valence-corrected chi connectivity index (χ1v) is 5.51. The van der Waals surface area contributed by atoms with Crippen molar-refractivity contribution in [1.82, 2.24) is 9.80 Å². The molecular formula is C11H24N2. The van der Waals surface area contributed by atoms with E-state index in [0.717, 1.165) is 0 Å². The predicted octanol–water partition coefficient (Wildman–Crippen LogP) is 1.81. The molecule has 78 valence electrons. The molecule has 2 heteroatoms. The normalized spacial score (nSPS) is 22.2. The Morgan fingerprint density at radius 1 is 1.00 bits per heavy atom. The largest absolute Gasteiger partial charge is 0.301 e. The highest BCUT2D eigenvalue weighted by molar-refractivity contribution is 4.81. The molecule has 1 aliphatic rings. The van der Waals surface area contributed by atoms with Crippen LogP contribution in [0, 0.1) is 0 Å². The first-order chi connectivity index (χ1) is 6.04. The molecule has 0 aromatic rings. The quantitative estimate of drug-likeness (QED) is 0.646. The van der Waals surface area contributed by atoms with Gasteiger partial charge >= 0.3 is 0 Å². The SMILES string of the molecule is CCCN1CCN(C(C)(C)C)CC1. The molecule has 1 saturated heterocycles. The summed E-state index contributed by atoms with van der Waals surface area (Å²) in [5.41, 5.74) is 0.359. The van der Waals surface area contributed by atoms with E-state index in [2.05, 4.69) is 37.5 Å². The predicted molar refractivity (Wildman–Crippen MR) is 58.1 cm³/mol. The Morgan fingerprint density at radius 3 is 1.92 bits per heavy atom. The van der Waals surface area contributed by atoms with Gasteiger partial charge in [-0.25, -0.2) is 0 Å². The van der Waals surface area contributed by atoms with E-state index in [4.69, 9.17) is 0 Å². The Balaban J connectivity index is 2.30. The van der Waals surface area contributed by atoms with Crippen molar-refractivity contribution in [2.45, 2.75) is 39.7 Å². The zero-order valence-corrected chi connectivity index (χ0v) is 9.64. The van der Waals surface area contributed by atoms with Gasteiger partial charge in [0.05, 0.1) is 0 Å². The van der Waals surface area contributed by atoms with Crippen LogP contribution in [0.3, 0.4) is 0 Å². The van der Waals surface area contributed by atoms with Crippen molar-refractivity contribution < 1.29 is 0 Å². The molecule has 0 radical (unpaired) electrons. The zero-order chi connectivity index (χ0) is 9.90. The van der Waals surface area contributed by atoms with Gasteiger partial charge < -0.3 is 4.90 Å². The van der Waals surface area contributed by atoms with E-state index in [9.17, 15) is 0 Å². The first kappa shape index (κ1) is 11.0. The van der Waals surface area contributed by atoms with Gasteiger partial charge in [0, 0.05) is 31.7 Å². The van der Waals surface area contributed by atoms with E-state index < -0.39 is 0 Å². The van der Waals surface area contributed by atoms with Crippen LogP contribution >= 0.6 is 0 Å². The molecule has 1 heterocycles.